The number of rotatable bonds is 4. The van der Waals surface area contributed by atoms with Gasteiger partial charge in [0.25, 0.3) is 0 Å². The van der Waals surface area contributed by atoms with Gasteiger partial charge in [-0.25, -0.2) is 0 Å². The van der Waals surface area contributed by atoms with Crippen LogP contribution in [0, 0.1) is 29.1 Å². The van der Waals surface area contributed by atoms with Gasteiger partial charge in [0.15, 0.2) is 0 Å². The monoisotopic (exact) mass is 450 g/mol. The van der Waals surface area contributed by atoms with Gasteiger partial charge in [0, 0.05) is 17.1 Å². The van der Waals surface area contributed by atoms with E-state index in [0.717, 1.165) is 55.6 Å². The van der Waals surface area contributed by atoms with Gasteiger partial charge >= 0.3 is 5.97 Å². The second-order valence-corrected chi connectivity index (χ2v) is 11.8. The predicted octanol–water partition coefficient (Wildman–Crippen LogP) is 7.81. The zero-order chi connectivity index (χ0) is 22.7. The summed E-state index contributed by atoms with van der Waals surface area (Å²) in [5.74, 6) is 3.52. The minimum absolute atomic E-state index is 0.0720. The highest BCUT2D eigenvalue weighted by atomic mass is 16.5. The molecule has 6 aliphatic rings. The topological polar surface area (TPSA) is 26.3 Å². The normalized spacial score (nSPS) is 33.9. The molecule has 5 fully saturated rings. The molecule has 2 aromatic carbocycles. The van der Waals surface area contributed by atoms with E-state index in [9.17, 15) is 4.79 Å². The maximum atomic E-state index is 14.1. The van der Waals surface area contributed by atoms with Gasteiger partial charge < -0.3 is 4.74 Å². The van der Waals surface area contributed by atoms with Gasteiger partial charge in [-0.2, -0.15) is 0 Å². The van der Waals surface area contributed by atoms with Crippen LogP contribution in [0.5, 0.6) is 0 Å². The molecular weight excluding hydrogens is 416 g/mol. The molecule has 0 radical (unpaired) electrons. The lowest BCUT2D eigenvalue weighted by molar-refractivity contribution is -0.166. The van der Waals surface area contributed by atoms with Crippen molar-refractivity contribution in [1.29, 1.82) is 0 Å². The zero-order valence-corrected chi connectivity index (χ0v) is 20.0. The molecule has 0 spiro atoms. The van der Waals surface area contributed by atoms with Crippen LogP contribution in [0.1, 0.15) is 75.3 Å². The van der Waals surface area contributed by atoms with Crippen LogP contribution in [-0.2, 0) is 9.53 Å². The Morgan fingerprint density at radius 2 is 1.35 bits per heavy atom. The molecular formula is C32H34O2. The highest BCUT2D eigenvalue weighted by Crippen LogP contribution is 2.61. The Hall–Kier alpha value is -2.61. The fourth-order valence-electron chi connectivity index (χ4n) is 8.61. The lowest BCUT2D eigenvalue weighted by Gasteiger charge is -2.55. The highest BCUT2D eigenvalue weighted by molar-refractivity contribution is 5.98. The first kappa shape index (κ1) is 20.7. The molecule has 0 saturated heterocycles. The first-order chi connectivity index (χ1) is 16.7. The molecule has 34 heavy (non-hydrogen) atoms. The molecule has 174 valence electrons. The lowest BCUT2D eigenvalue weighted by atomic mass is 9.49. The smallest absolute Gasteiger partial charge is 0.317 e. The van der Waals surface area contributed by atoms with E-state index in [1.54, 1.807) is 0 Å². The van der Waals surface area contributed by atoms with Crippen molar-refractivity contribution in [1.82, 2.24) is 0 Å². The predicted molar refractivity (Wildman–Crippen MR) is 135 cm³/mol. The van der Waals surface area contributed by atoms with Crippen LogP contribution in [0.25, 0.3) is 11.1 Å². The molecule has 6 aliphatic carbocycles. The molecule has 8 rings (SSSR count). The number of carbonyl (C=O) groups excluding carboxylic acids is 1. The molecule has 5 saturated carbocycles. The number of carbonyl (C=O) groups is 1. The molecule has 0 N–H and O–H groups in total. The van der Waals surface area contributed by atoms with Crippen molar-refractivity contribution in [3.8, 4) is 0 Å². The minimum atomic E-state index is -0.246. The van der Waals surface area contributed by atoms with E-state index < -0.39 is 0 Å². The van der Waals surface area contributed by atoms with E-state index >= 15 is 0 Å². The third-order valence-corrected chi connectivity index (χ3v) is 9.56. The van der Waals surface area contributed by atoms with E-state index in [4.69, 9.17) is 4.74 Å². The van der Waals surface area contributed by atoms with Crippen LogP contribution in [0.15, 0.2) is 72.0 Å². The Morgan fingerprint density at radius 1 is 0.765 bits per heavy atom. The first-order valence-corrected chi connectivity index (χ1v) is 13.5. The largest absolute Gasteiger partial charge is 0.425 e. The lowest BCUT2D eigenvalue weighted by Crippen LogP contribution is -2.50. The van der Waals surface area contributed by atoms with Gasteiger partial charge in [-0.1, -0.05) is 72.7 Å². The van der Waals surface area contributed by atoms with Crippen LogP contribution in [0.2, 0.25) is 0 Å². The molecule has 1 unspecified atom stereocenters. The highest BCUT2D eigenvalue weighted by Gasteiger charge is 2.56. The van der Waals surface area contributed by atoms with E-state index in [-0.39, 0.29) is 11.4 Å². The summed E-state index contributed by atoms with van der Waals surface area (Å²) < 4.78 is 6.71. The number of hydrogen-bond acceptors (Lipinski definition) is 2. The molecule has 0 heterocycles. The third-order valence-electron chi connectivity index (χ3n) is 9.56. The van der Waals surface area contributed by atoms with Gasteiger partial charge in [-0.05, 0) is 86.7 Å². The van der Waals surface area contributed by atoms with Gasteiger partial charge in [0.1, 0.15) is 5.76 Å². The number of ether oxygens (including phenoxy) is 1. The van der Waals surface area contributed by atoms with Crippen molar-refractivity contribution in [3.63, 3.8) is 0 Å². The third kappa shape index (κ3) is 3.25. The van der Waals surface area contributed by atoms with Crippen molar-refractivity contribution in [2.75, 3.05) is 0 Å². The fraction of sp³-hybridized carbons (Fsp3) is 0.469. The Labute approximate surface area is 203 Å². The molecule has 2 nitrogen and oxygen atoms in total. The average molecular weight is 451 g/mol. The maximum Gasteiger partial charge on any atom is 0.317 e. The number of fused-ring (bicyclic) bond motifs is 1. The Kier molecular flexibility index (Phi) is 4.86. The molecule has 0 amide bonds. The van der Waals surface area contributed by atoms with Crippen LogP contribution < -0.4 is 0 Å². The van der Waals surface area contributed by atoms with Gasteiger partial charge in [-0.3, -0.25) is 4.79 Å². The standard InChI is InChI=1S/C32H34O2/c33-31(32-18-21-15-22(19-32)17-23(16-21)20-32)34-30-28(24-9-3-1-4-10-24)26-13-7-8-14-27(26)29(30)25-11-5-2-6-12-25/h1-6,9-12,21-23,26H,7-8,13-20H2. The molecule has 0 aliphatic heterocycles. The van der Waals surface area contributed by atoms with E-state index in [2.05, 4.69) is 60.7 Å². The maximum absolute atomic E-state index is 14.1. The van der Waals surface area contributed by atoms with Crippen molar-refractivity contribution in [2.24, 2.45) is 29.1 Å². The second-order valence-electron chi connectivity index (χ2n) is 11.8. The molecule has 0 aromatic heterocycles. The minimum Gasteiger partial charge on any atom is -0.425 e. The van der Waals surface area contributed by atoms with Crippen molar-refractivity contribution in [3.05, 3.63) is 83.1 Å². The quantitative estimate of drug-likeness (QED) is 0.444. The van der Waals surface area contributed by atoms with Crippen LogP contribution in [0.4, 0.5) is 0 Å². The summed E-state index contributed by atoms with van der Waals surface area (Å²) in [6, 6.07) is 21.4. The van der Waals surface area contributed by atoms with Gasteiger partial charge in [-0.15, -0.1) is 0 Å². The summed E-state index contributed by atoms with van der Waals surface area (Å²) in [5.41, 5.74) is 6.12. The second kappa shape index (κ2) is 7.97. The van der Waals surface area contributed by atoms with Gasteiger partial charge in [0.05, 0.1) is 5.41 Å². The summed E-state index contributed by atoms with van der Waals surface area (Å²) in [5, 5.41) is 0. The fourth-order valence-corrected chi connectivity index (χ4v) is 8.61. The summed E-state index contributed by atoms with van der Waals surface area (Å²) in [4.78, 5) is 14.1. The average Bonchev–Trinajstić information content (AvgIpc) is 3.18. The molecule has 1 atom stereocenters. The van der Waals surface area contributed by atoms with Crippen LogP contribution in [-0.4, -0.2) is 5.97 Å². The van der Waals surface area contributed by atoms with Crippen molar-refractivity contribution in [2.45, 2.75) is 64.2 Å². The van der Waals surface area contributed by atoms with Crippen LogP contribution in [0.3, 0.4) is 0 Å². The first-order valence-electron chi connectivity index (χ1n) is 13.5. The Bertz CT molecular complexity index is 1130. The SMILES string of the molecule is O=C(OC1=C(c2ccccc2)C2CCCCC2=C1c1ccccc1)C12CC3CC(CC(C3)C1)C2. The number of esters is 1. The van der Waals surface area contributed by atoms with E-state index in [0.29, 0.717) is 5.92 Å². The van der Waals surface area contributed by atoms with Crippen molar-refractivity contribution >= 4 is 17.1 Å². The zero-order valence-electron chi connectivity index (χ0n) is 20.0. The Morgan fingerprint density at radius 3 is 1.97 bits per heavy atom. The van der Waals surface area contributed by atoms with Crippen molar-refractivity contribution < 1.29 is 9.53 Å². The summed E-state index contributed by atoms with van der Waals surface area (Å²) in [7, 11) is 0. The summed E-state index contributed by atoms with van der Waals surface area (Å²) in [6.45, 7) is 0. The van der Waals surface area contributed by atoms with E-state index in [1.165, 1.54) is 60.0 Å². The summed E-state index contributed by atoms with van der Waals surface area (Å²) >= 11 is 0. The molecule has 4 bridgehead atoms. The van der Waals surface area contributed by atoms with Gasteiger partial charge in [0.2, 0.25) is 0 Å². The number of hydrogen-bond donors (Lipinski definition) is 0. The summed E-state index contributed by atoms with van der Waals surface area (Å²) in [6.07, 6.45) is 11.9. The molecule has 2 aromatic rings. The van der Waals surface area contributed by atoms with Crippen LogP contribution >= 0.6 is 0 Å². The number of allylic oxidation sites excluding steroid dienone is 3. The Balaban J connectivity index is 1.34. The molecule has 2 heteroatoms. The number of benzene rings is 2. The van der Waals surface area contributed by atoms with E-state index in [1.807, 2.05) is 0 Å².